The van der Waals surface area contributed by atoms with Crippen LogP contribution < -0.4 is 5.32 Å². The predicted molar refractivity (Wildman–Crippen MR) is 77.7 cm³/mol. The third-order valence-corrected chi connectivity index (χ3v) is 4.12. The van der Waals surface area contributed by atoms with Gasteiger partial charge in [0.1, 0.15) is 5.82 Å². The number of rotatable bonds is 5. The molecule has 2 atom stereocenters. The summed E-state index contributed by atoms with van der Waals surface area (Å²) in [6, 6.07) is 7.19. The maximum absolute atomic E-state index is 13.9. The molecule has 3 heteroatoms. The van der Waals surface area contributed by atoms with Gasteiger partial charge in [0, 0.05) is 18.2 Å². The minimum atomic E-state index is -0.104. The van der Waals surface area contributed by atoms with Crippen LogP contribution in [0.3, 0.4) is 0 Å². The summed E-state index contributed by atoms with van der Waals surface area (Å²) in [6.07, 6.45) is 3.96. The predicted octanol–water partition coefficient (Wildman–Crippen LogP) is 3.21. The zero-order valence-corrected chi connectivity index (χ0v) is 12.0. The van der Waals surface area contributed by atoms with E-state index < -0.39 is 0 Å². The molecule has 0 bridgehead atoms. The second-order valence-corrected chi connectivity index (χ2v) is 5.63. The van der Waals surface area contributed by atoms with Gasteiger partial charge in [-0.25, -0.2) is 4.39 Å². The molecule has 1 saturated heterocycles. The molecule has 1 aromatic rings. The number of hydrogen-bond donors (Lipinski definition) is 1. The molecule has 1 aromatic carbocycles. The molecule has 1 aliphatic rings. The van der Waals surface area contributed by atoms with Crippen molar-refractivity contribution >= 4 is 0 Å². The molecule has 1 aliphatic heterocycles. The Balaban J connectivity index is 2.02. The average Bonchev–Trinajstić information content (AvgIpc) is 2.43. The molecular formula is C16H25FN2. The SMILES string of the molecule is CNC(c1ccccc1F)C(C)CN1CCCCC1. The van der Waals surface area contributed by atoms with Gasteiger partial charge in [-0.2, -0.15) is 0 Å². The molecule has 0 saturated carbocycles. The molecule has 0 aromatic heterocycles. The number of hydrogen-bond acceptors (Lipinski definition) is 2. The van der Waals surface area contributed by atoms with Crippen LogP contribution >= 0.6 is 0 Å². The van der Waals surface area contributed by atoms with Crippen LogP contribution in [0.5, 0.6) is 0 Å². The van der Waals surface area contributed by atoms with E-state index in [1.165, 1.54) is 32.4 Å². The van der Waals surface area contributed by atoms with Crippen molar-refractivity contribution < 1.29 is 4.39 Å². The highest BCUT2D eigenvalue weighted by Gasteiger charge is 2.23. The first-order chi connectivity index (χ1) is 9.22. The fraction of sp³-hybridized carbons (Fsp3) is 0.625. The van der Waals surface area contributed by atoms with Gasteiger partial charge in [-0.1, -0.05) is 31.5 Å². The van der Waals surface area contributed by atoms with E-state index in [-0.39, 0.29) is 11.9 Å². The van der Waals surface area contributed by atoms with Crippen molar-refractivity contribution in [1.82, 2.24) is 10.2 Å². The second kappa shape index (κ2) is 7.01. The summed E-state index contributed by atoms with van der Waals surface area (Å²) in [5, 5.41) is 3.28. The highest BCUT2D eigenvalue weighted by Crippen LogP contribution is 2.25. The topological polar surface area (TPSA) is 15.3 Å². The van der Waals surface area contributed by atoms with E-state index in [1.807, 2.05) is 19.2 Å². The Morgan fingerprint density at radius 1 is 1.21 bits per heavy atom. The lowest BCUT2D eigenvalue weighted by Crippen LogP contribution is -2.37. The van der Waals surface area contributed by atoms with Crippen LogP contribution in [0.1, 0.15) is 37.8 Å². The van der Waals surface area contributed by atoms with Crippen LogP contribution in [0, 0.1) is 11.7 Å². The highest BCUT2D eigenvalue weighted by atomic mass is 19.1. The highest BCUT2D eigenvalue weighted by molar-refractivity contribution is 5.21. The lowest BCUT2D eigenvalue weighted by atomic mass is 9.93. The Morgan fingerprint density at radius 3 is 2.53 bits per heavy atom. The summed E-state index contributed by atoms with van der Waals surface area (Å²) < 4.78 is 13.9. The molecule has 0 aliphatic carbocycles. The summed E-state index contributed by atoms with van der Waals surface area (Å²) in [4.78, 5) is 2.51. The van der Waals surface area contributed by atoms with Crippen molar-refractivity contribution in [3.05, 3.63) is 35.6 Å². The van der Waals surface area contributed by atoms with Crippen molar-refractivity contribution in [2.75, 3.05) is 26.7 Å². The number of nitrogens with zero attached hydrogens (tertiary/aromatic N) is 1. The van der Waals surface area contributed by atoms with Crippen LogP contribution in [0.25, 0.3) is 0 Å². The fourth-order valence-electron chi connectivity index (χ4n) is 3.13. The van der Waals surface area contributed by atoms with Crippen LogP contribution in [0.4, 0.5) is 4.39 Å². The average molecular weight is 264 g/mol. The van der Waals surface area contributed by atoms with Crippen LogP contribution in [0.2, 0.25) is 0 Å². The molecule has 0 radical (unpaired) electrons. The van der Waals surface area contributed by atoms with Gasteiger partial charge < -0.3 is 10.2 Å². The molecule has 2 unspecified atom stereocenters. The lowest BCUT2D eigenvalue weighted by molar-refractivity contribution is 0.182. The Labute approximate surface area is 116 Å². The number of halogens is 1. The van der Waals surface area contributed by atoms with Crippen LogP contribution in [-0.2, 0) is 0 Å². The minimum absolute atomic E-state index is 0.0862. The zero-order chi connectivity index (χ0) is 13.7. The molecule has 106 valence electrons. The Bertz CT molecular complexity index is 388. The summed E-state index contributed by atoms with van der Waals surface area (Å²) in [5.74, 6) is 0.298. The molecule has 0 spiro atoms. The van der Waals surface area contributed by atoms with Crippen molar-refractivity contribution in [1.29, 1.82) is 0 Å². The summed E-state index contributed by atoms with van der Waals surface area (Å²) in [6.45, 7) is 5.64. The largest absolute Gasteiger partial charge is 0.313 e. The fourth-order valence-corrected chi connectivity index (χ4v) is 3.13. The van der Waals surface area contributed by atoms with Gasteiger partial charge in [0.25, 0.3) is 0 Å². The number of piperidine rings is 1. The van der Waals surface area contributed by atoms with Crippen LogP contribution in [0.15, 0.2) is 24.3 Å². The van der Waals surface area contributed by atoms with Gasteiger partial charge in [-0.15, -0.1) is 0 Å². The number of benzene rings is 1. The van der Waals surface area contributed by atoms with E-state index in [1.54, 1.807) is 12.1 Å². The standard InChI is InChI=1S/C16H25FN2/c1-13(12-19-10-6-3-7-11-19)16(18-2)14-8-4-5-9-15(14)17/h4-5,8-9,13,16,18H,3,6-7,10-12H2,1-2H3. The first kappa shape index (κ1) is 14.5. The molecule has 19 heavy (non-hydrogen) atoms. The number of likely N-dealkylation sites (tertiary alicyclic amines) is 1. The van der Waals surface area contributed by atoms with Crippen molar-refractivity contribution in [3.8, 4) is 0 Å². The van der Waals surface area contributed by atoms with E-state index in [9.17, 15) is 4.39 Å². The number of nitrogens with one attached hydrogen (secondary N) is 1. The maximum Gasteiger partial charge on any atom is 0.127 e. The molecule has 1 fully saturated rings. The van der Waals surface area contributed by atoms with Gasteiger partial charge in [-0.05, 0) is 45.0 Å². The smallest absolute Gasteiger partial charge is 0.127 e. The van der Waals surface area contributed by atoms with E-state index >= 15 is 0 Å². The Hall–Kier alpha value is -0.930. The van der Waals surface area contributed by atoms with Crippen molar-refractivity contribution in [3.63, 3.8) is 0 Å². The van der Waals surface area contributed by atoms with Crippen molar-refractivity contribution in [2.24, 2.45) is 5.92 Å². The zero-order valence-electron chi connectivity index (χ0n) is 12.0. The molecule has 2 nitrogen and oxygen atoms in total. The second-order valence-electron chi connectivity index (χ2n) is 5.63. The van der Waals surface area contributed by atoms with Gasteiger partial charge in [0.05, 0.1) is 0 Å². The van der Waals surface area contributed by atoms with Gasteiger partial charge in [0.15, 0.2) is 0 Å². The molecule has 1 heterocycles. The lowest BCUT2D eigenvalue weighted by Gasteiger charge is -2.32. The third-order valence-electron chi connectivity index (χ3n) is 4.12. The summed E-state index contributed by atoms with van der Waals surface area (Å²) in [5.41, 5.74) is 0.787. The molecule has 1 N–H and O–H groups in total. The maximum atomic E-state index is 13.9. The third kappa shape index (κ3) is 3.77. The van der Waals surface area contributed by atoms with Gasteiger partial charge in [-0.3, -0.25) is 0 Å². The van der Waals surface area contributed by atoms with Crippen LogP contribution in [-0.4, -0.2) is 31.6 Å². The summed E-state index contributed by atoms with van der Waals surface area (Å²) >= 11 is 0. The first-order valence-electron chi connectivity index (χ1n) is 7.36. The summed E-state index contributed by atoms with van der Waals surface area (Å²) in [7, 11) is 1.92. The minimum Gasteiger partial charge on any atom is -0.313 e. The van der Waals surface area contributed by atoms with E-state index in [0.29, 0.717) is 5.92 Å². The molecule has 2 rings (SSSR count). The monoisotopic (exact) mass is 264 g/mol. The van der Waals surface area contributed by atoms with E-state index in [4.69, 9.17) is 0 Å². The normalized spacial score (nSPS) is 20.2. The van der Waals surface area contributed by atoms with Crippen molar-refractivity contribution in [2.45, 2.75) is 32.2 Å². The Kier molecular flexibility index (Phi) is 5.34. The molecule has 0 amide bonds. The quantitative estimate of drug-likeness (QED) is 0.878. The van der Waals surface area contributed by atoms with E-state index in [2.05, 4.69) is 17.1 Å². The first-order valence-corrected chi connectivity index (χ1v) is 7.36. The molecular weight excluding hydrogens is 239 g/mol. The van der Waals surface area contributed by atoms with Gasteiger partial charge in [0.2, 0.25) is 0 Å². The Morgan fingerprint density at radius 2 is 1.89 bits per heavy atom. The van der Waals surface area contributed by atoms with Gasteiger partial charge >= 0.3 is 0 Å². The van der Waals surface area contributed by atoms with E-state index in [0.717, 1.165) is 12.1 Å².